The molecule has 0 aliphatic carbocycles. The fraction of sp³-hybridized carbons (Fsp3) is 0.571. The summed E-state index contributed by atoms with van der Waals surface area (Å²) in [6.07, 6.45) is 2.31. The molecule has 3 heteroatoms. The van der Waals surface area contributed by atoms with Gasteiger partial charge in [0.05, 0.1) is 19.4 Å². The number of anilines is 1. The first-order valence-electron chi connectivity index (χ1n) is 6.24. The number of aryl methyl sites for hydroxylation is 1. The predicted octanol–water partition coefficient (Wildman–Crippen LogP) is 3.23. The Kier molecular flexibility index (Phi) is 6.48. The van der Waals surface area contributed by atoms with E-state index in [2.05, 4.69) is 25.2 Å². The number of unbranched alkanes of at least 4 members (excludes halogenated alkanes) is 1. The molecular formula is C14H23NO2. The molecule has 17 heavy (non-hydrogen) atoms. The lowest BCUT2D eigenvalue weighted by Gasteiger charge is -2.12. The second-order valence-electron chi connectivity index (χ2n) is 4.10. The van der Waals surface area contributed by atoms with Crippen LogP contribution >= 0.6 is 0 Å². The summed E-state index contributed by atoms with van der Waals surface area (Å²) in [5, 5.41) is 3.33. The van der Waals surface area contributed by atoms with E-state index in [0.29, 0.717) is 0 Å². The van der Waals surface area contributed by atoms with Gasteiger partial charge in [-0.15, -0.1) is 0 Å². The Labute approximate surface area is 104 Å². The maximum absolute atomic E-state index is 5.50. The lowest BCUT2D eigenvalue weighted by atomic mass is 10.2. The van der Waals surface area contributed by atoms with Crippen molar-refractivity contribution < 1.29 is 9.47 Å². The van der Waals surface area contributed by atoms with E-state index in [4.69, 9.17) is 9.47 Å². The molecule has 1 aromatic carbocycles. The Bertz CT molecular complexity index is 326. The third-order valence-electron chi connectivity index (χ3n) is 2.56. The first kappa shape index (κ1) is 13.8. The van der Waals surface area contributed by atoms with Crippen molar-refractivity contribution in [1.29, 1.82) is 0 Å². The van der Waals surface area contributed by atoms with Crippen molar-refractivity contribution >= 4 is 5.69 Å². The summed E-state index contributed by atoms with van der Waals surface area (Å²) in [6, 6.07) is 6.11. The number of nitrogens with one attached hydrogen (secondary N) is 1. The molecule has 0 aliphatic heterocycles. The van der Waals surface area contributed by atoms with Gasteiger partial charge in [-0.2, -0.15) is 0 Å². The van der Waals surface area contributed by atoms with Gasteiger partial charge in [0.25, 0.3) is 0 Å². The first-order chi connectivity index (χ1) is 8.27. The van der Waals surface area contributed by atoms with Gasteiger partial charge in [0.1, 0.15) is 5.75 Å². The van der Waals surface area contributed by atoms with E-state index in [1.807, 2.05) is 12.1 Å². The summed E-state index contributed by atoms with van der Waals surface area (Å²) in [6.45, 7) is 6.63. The number of hydrogen-bond donors (Lipinski definition) is 1. The average molecular weight is 237 g/mol. The van der Waals surface area contributed by atoms with Crippen molar-refractivity contribution in [1.82, 2.24) is 0 Å². The van der Waals surface area contributed by atoms with Crippen LogP contribution in [-0.4, -0.2) is 26.9 Å². The minimum absolute atomic E-state index is 0.733. The van der Waals surface area contributed by atoms with Crippen LogP contribution in [0.4, 0.5) is 5.69 Å². The van der Waals surface area contributed by atoms with E-state index in [0.717, 1.165) is 37.6 Å². The van der Waals surface area contributed by atoms with Gasteiger partial charge in [-0.25, -0.2) is 0 Å². The Morgan fingerprint density at radius 1 is 1.24 bits per heavy atom. The van der Waals surface area contributed by atoms with Crippen molar-refractivity contribution in [2.45, 2.75) is 26.7 Å². The predicted molar refractivity (Wildman–Crippen MR) is 71.9 cm³/mol. The molecule has 0 aliphatic rings. The number of hydrogen-bond acceptors (Lipinski definition) is 3. The van der Waals surface area contributed by atoms with E-state index in [1.165, 1.54) is 12.0 Å². The second kappa shape index (κ2) is 7.96. The summed E-state index contributed by atoms with van der Waals surface area (Å²) in [7, 11) is 1.69. The SMILES string of the molecule is CCCCOCCNc1cc(C)ccc1OC. The zero-order chi connectivity index (χ0) is 12.5. The second-order valence-corrected chi connectivity index (χ2v) is 4.10. The Morgan fingerprint density at radius 2 is 2.06 bits per heavy atom. The molecule has 0 bridgehead atoms. The zero-order valence-electron chi connectivity index (χ0n) is 11.1. The van der Waals surface area contributed by atoms with Gasteiger partial charge in [-0.3, -0.25) is 0 Å². The van der Waals surface area contributed by atoms with Crippen LogP contribution in [0.25, 0.3) is 0 Å². The van der Waals surface area contributed by atoms with E-state index in [-0.39, 0.29) is 0 Å². The van der Waals surface area contributed by atoms with Gasteiger partial charge in [0.2, 0.25) is 0 Å². The molecule has 0 saturated heterocycles. The summed E-state index contributed by atoms with van der Waals surface area (Å²) >= 11 is 0. The maximum Gasteiger partial charge on any atom is 0.141 e. The molecular weight excluding hydrogens is 214 g/mol. The van der Waals surface area contributed by atoms with Crippen molar-refractivity contribution in [3.63, 3.8) is 0 Å². The molecule has 1 N–H and O–H groups in total. The smallest absolute Gasteiger partial charge is 0.141 e. The average Bonchev–Trinajstić information content (AvgIpc) is 2.34. The molecule has 0 radical (unpaired) electrons. The van der Waals surface area contributed by atoms with Gasteiger partial charge in [-0.1, -0.05) is 19.4 Å². The fourth-order valence-corrected chi connectivity index (χ4v) is 1.57. The van der Waals surface area contributed by atoms with Crippen molar-refractivity contribution in [2.24, 2.45) is 0 Å². The summed E-state index contributed by atoms with van der Waals surface area (Å²) in [5.74, 6) is 0.879. The molecule has 0 saturated carbocycles. The molecule has 3 nitrogen and oxygen atoms in total. The van der Waals surface area contributed by atoms with Crippen LogP contribution in [0.2, 0.25) is 0 Å². The molecule has 0 spiro atoms. The molecule has 0 atom stereocenters. The Morgan fingerprint density at radius 3 is 2.76 bits per heavy atom. The van der Waals surface area contributed by atoms with Crippen LogP contribution in [0.3, 0.4) is 0 Å². The summed E-state index contributed by atoms with van der Waals surface area (Å²) < 4.78 is 10.8. The summed E-state index contributed by atoms with van der Waals surface area (Å²) in [4.78, 5) is 0. The van der Waals surface area contributed by atoms with Crippen molar-refractivity contribution in [2.75, 3.05) is 32.2 Å². The molecule has 96 valence electrons. The number of benzene rings is 1. The van der Waals surface area contributed by atoms with Crippen molar-refractivity contribution in [3.05, 3.63) is 23.8 Å². The highest BCUT2D eigenvalue weighted by Crippen LogP contribution is 2.24. The van der Waals surface area contributed by atoms with Gasteiger partial charge in [-0.05, 0) is 31.0 Å². The highest BCUT2D eigenvalue weighted by molar-refractivity contribution is 5.57. The van der Waals surface area contributed by atoms with Crippen LogP contribution in [0.5, 0.6) is 5.75 Å². The largest absolute Gasteiger partial charge is 0.495 e. The third-order valence-corrected chi connectivity index (χ3v) is 2.56. The van der Waals surface area contributed by atoms with E-state index in [1.54, 1.807) is 7.11 Å². The zero-order valence-corrected chi connectivity index (χ0v) is 11.1. The Hall–Kier alpha value is -1.22. The topological polar surface area (TPSA) is 30.5 Å². The quantitative estimate of drug-likeness (QED) is 0.704. The van der Waals surface area contributed by atoms with Crippen LogP contribution < -0.4 is 10.1 Å². The van der Waals surface area contributed by atoms with Crippen LogP contribution in [-0.2, 0) is 4.74 Å². The van der Waals surface area contributed by atoms with Gasteiger partial charge in [0.15, 0.2) is 0 Å². The van der Waals surface area contributed by atoms with Crippen LogP contribution in [0, 0.1) is 6.92 Å². The standard InChI is InChI=1S/C14H23NO2/c1-4-5-9-17-10-8-15-13-11-12(2)6-7-14(13)16-3/h6-7,11,15H,4-5,8-10H2,1-3H3. The molecule has 1 rings (SSSR count). The highest BCUT2D eigenvalue weighted by Gasteiger charge is 2.01. The number of rotatable bonds is 8. The van der Waals surface area contributed by atoms with Gasteiger partial charge >= 0.3 is 0 Å². The van der Waals surface area contributed by atoms with Gasteiger partial charge < -0.3 is 14.8 Å². The first-order valence-corrected chi connectivity index (χ1v) is 6.24. The fourth-order valence-electron chi connectivity index (χ4n) is 1.57. The molecule has 0 unspecified atom stereocenters. The highest BCUT2D eigenvalue weighted by atomic mass is 16.5. The van der Waals surface area contributed by atoms with E-state index in [9.17, 15) is 0 Å². The lowest BCUT2D eigenvalue weighted by Crippen LogP contribution is -2.10. The molecule has 0 heterocycles. The minimum Gasteiger partial charge on any atom is -0.495 e. The number of methoxy groups -OCH3 is 1. The monoisotopic (exact) mass is 237 g/mol. The minimum atomic E-state index is 0.733. The normalized spacial score (nSPS) is 10.3. The number of ether oxygens (including phenoxy) is 2. The van der Waals surface area contributed by atoms with Crippen molar-refractivity contribution in [3.8, 4) is 5.75 Å². The van der Waals surface area contributed by atoms with Gasteiger partial charge in [0, 0.05) is 13.2 Å². The molecule has 0 fully saturated rings. The Balaban J connectivity index is 2.32. The molecule has 0 aromatic heterocycles. The van der Waals surface area contributed by atoms with E-state index >= 15 is 0 Å². The van der Waals surface area contributed by atoms with Crippen LogP contribution in [0.15, 0.2) is 18.2 Å². The van der Waals surface area contributed by atoms with Crippen LogP contribution in [0.1, 0.15) is 25.3 Å². The maximum atomic E-state index is 5.50. The molecule has 1 aromatic rings. The van der Waals surface area contributed by atoms with E-state index < -0.39 is 0 Å². The summed E-state index contributed by atoms with van der Waals surface area (Å²) in [5.41, 5.74) is 2.26. The third kappa shape index (κ3) is 5.09. The lowest BCUT2D eigenvalue weighted by molar-refractivity contribution is 0.141. The molecule has 0 amide bonds.